The van der Waals surface area contributed by atoms with Crippen molar-refractivity contribution in [3.8, 4) is 0 Å². The van der Waals surface area contributed by atoms with Gasteiger partial charge in [-0.1, -0.05) is 0 Å². The molecule has 1 aliphatic carbocycles. The molecule has 2 N–H and O–H groups in total. The molecule has 6 nitrogen and oxygen atoms in total. The van der Waals surface area contributed by atoms with Gasteiger partial charge in [0.05, 0.1) is 4.92 Å². The van der Waals surface area contributed by atoms with Crippen LogP contribution in [0.4, 0.5) is 17.1 Å². The Morgan fingerprint density at radius 1 is 1.45 bits per heavy atom. The second kappa shape index (κ2) is 6.56. The highest BCUT2D eigenvalue weighted by Crippen LogP contribution is 2.33. The van der Waals surface area contributed by atoms with Crippen LogP contribution in [0.1, 0.15) is 25.7 Å². The lowest BCUT2D eigenvalue weighted by atomic mass is 9.90. The van der Waals surface area contributed by atoms with Crippen LogP contribution in [0.5, 0.6) is 0 Å². The molecule has 0 spiro atoms. The molecular formula is C14H21N3O3. The molecule has 20 heavy (non-hydrogen) atoms. The van der Waals surface area contributed by atoms with E-state index in [1.807, 2.05) is 6.07 Å². The van der Waals surface area contributed by atoms with E-state index in [0.29, 0.717) is 12.5 Å². The van der Waals surface area contributed by atoms with Gasteiger partial charge >= 0.3 is 0 Å². The van der Waals surface area contributed by atoms with Crippen molar-refractivity contribution >= 4 is 17.1 Å². The monoisotopic (exact) mass is 279 g/mol. The third kappa shape index (κ3) is 3.19. The number of aliphatic hydroxyl groups excluding tert-OH is 1. The van der Waals surface area contributed by atoms with Crippen molar-refractivity contribution in [3.05, 3.63) is 28.3 Å². The van der Waals surface area contributed by atoms with Crippen LogP contribution in [-0.4, -0.2) is 36.3 Å². The summed E-state index contributed by atoms with van der Waals surface area (Å²) in [6.07, 6.45) is 4.11. The van der Waals surface area contributed by atoms with Gasteiger partial charge in [0.15, 0.2) is 0 Å². The Morgan fingerprint density at radius 3 is 2.70 bits per heavy atom. The lowest BCUT2D eigenvalue weighted by molar-refractivity contribution is -0.384. The number of nitro groups is 1. The minimum Gasteiger partial charge on any atom is -0.396 e. The van der Waals surface area contributed by atoms with Gasteiger partial charge in [-0.05, 0) is 31.7 Å². The number of rotatable bonds is 7. The number of non-ortho nitro benzene ring substituents is 1. The molecule has 1 fully saturated rings. The second-order valence-corrected chi connectivity index (χ2v) is 5.10. The number of anilines is 2. The molecule has 1 aromatic rings. The topological polar surface area (TPSA) is 78.6 Å². The van der Waals surface area contributed by atoms with Gasteiger partial charge in [-0.15, -0.1) is 0 Å². The van der Waals surface area contributed by atoms with Crippen LogP contribution < -0.4 is 10.2 Å². The zero-order chi connectivity index (χ0) is 14.5. The van der Waals surface area contributed by atoms with Gasteiger partial charge in [0.25, 0.3) is 5.69 Å². The summed E-state index contributed by atoms with van der Waals surface area (Å²) in [7, 11) is 1.75. The van der Waals surface area contributed by atoms with Crippen LogP contribution in [0, 0.1) is 10.1 Å². The molecule has 1 saturated carbocycles. The van der Waals surface area contributed by atoms with Crippen LogP contribution in [0.3, 0.4) is 0 Å². The molecule has 0 bridgehead atoms. The molecule has 0 radical (unpaired) electrons. The third-order valence-electron chi connectivity index (χ3n) is 3.81. The van der Waals surface area contributed by atoms with Crippen LogP contribution in [-0.2, 0) is 0 Å². The molecule has 0 saturated heterocycles. The van der Waals surface area contributed by atoms with E-state index in [0.717, 1.165) is 30.8 Å². The molecule has 0 amide bonds. The molecule has 0 atom stereocenters. The summed E-state index contributed by atoms with van der Waals surface area (Å²) in [6.45, 7) is 0.864. The van der Waals surface area contributed by atoms with Crippen molar-refractivity contribution in [2.24, 2.45) is 0 Å². The molecule has 0 aliphatic heterocycles. The van der Waals surface area contributed by atoms with E-state index in [1.54, 1.807) is 13.1 Å². The highest BCUT2D eigenvalue weighted by atomic mass is 16.6. The summed E-state index contributed by atoms with van der Waals surface area (Å²) in [5.74, 6) is 0. The lowest BCUT2D eigenvalue weighted by Gasteiger charge is -2.39. The number of nitrogens with zero attached hydrogens (tertiary/aromatic N) is 2. The fourth-order valence-electron chi connectivity index (χ4n) is 2.47. The van der Waals surface area contributed by atoms with E-state index in [4.69, 9.17) is 5.11 Å². The maximum Gasteiger partial charge on any atom is 0.273 e. The van der Waals surface area contributed by atoms with Crippen LogP contribution >= 0.6 is 0 Å². The highest BCUT2D eigenvalue weighted by molar-refractivity contribution is 5.64. The van der Waals surface area contributed by atoms with Gasteiger partial charge < -0.3 is 15.3 Å². The average Bonchev–Trinajstić information content (AvgIpc) is 2.40. The zero-order valence-corrected chi connectivity index (χ0v) is 11.7. The Bertz CT molecular complexity index is 475. The Kier molecular flexibility index (Phi) is 4.79. The van der Waals surface area contributed by atoms with E-state index >= 15 is 0 Å². The normalized spacial score (nSPS) is 14.7. The predicted octanol–water partition coefficient (Wildman–Crippen LogP) is 2.38. The van der Waals surface area contributed by atoms with Crippen molar-refractivity contribution in [2.75, 3.05) is 30.4 Å². The average molecular weight is 279 g/mol. The van der Waals surface area contributed by atoms with E-state index in [9.17, 15) is 10.1 Å². The maximum absolute atomic E-state index is 11.0. The van der Waals surface area contributed by atoms with Crippen molar-refractivity contribution < 1.29 is 10.0 Å². The fraction of sp³-hybridized carbons (Fsp3) is 0.571. The van der Waals surface area contributed by atoms with E-state index in [1.165, 1.54) is 12.5 Å². The minimum absolute atomic E-state index is 0.0974. The number of nitro benzene ring substituents is 1. The van der Waals surface area contributed by atoms with Crippen molar-refractivity contribution in [1.82, 2.24) is 0 Å². The zero-order valence-electron chi connectivity index (χ0n) is 11.7. The van der Waals surface area contributed by atoms with Crippen molar-refractivity contribution in [2.45, 2.75) is 31.7 Å². The second-order valence-electron chi connectivity index (χ2n) is 5.10. The third-order valence-corrected chi connectivity index (χ3v) is 3.81. The Balaban J connectivity index is 2.30. The predicted molar refractivity (Wildman–Crippen MR) is 79.3 cm³/mol. The van der Waals surface area contributed by atoms with Gasteiger partial charge in [-0.2, -0.15) is 0 Å². The first-order chi connectivity index (χ1) is 9.65. The molecule has 110 valence electrons. The largest absolute Gasteiger partial charge is 0.396 e. The standard InChI is InChI=1S/C14H21N3O3/c1-15-11-8-13(10-14(9-11)17(19)20)16(6-3-7-18)12-4-2-5-12/h8-10,12,15,18H,2-7H2,1H3. The van der Waals surface area contributed by atoms with Gasteiger partial charge in [0.1, 0.15) is 0 Å². The van der Waals surface area contributed by atoms with E-state index < -0.39 is 0 Å². The Hall–Kier alpha value is -1.82. The molecular weight excluding hydrogens is 258 g/mol. The summed E-state index contributed by atoms with van der Waals surface area (Å²) in [4.78, 5) is 12.9. The summed E-state index contributed by atoms with van der Waals surface area (Å²) < 4.78 is 0. The number of nitrogens with one attached hydrogen (secondary N) is 1. The van der Waals surface area contributed by atoms with Gasteiger partial charge in [0.2, 0.25) is 0 Å². The van der Waals surface area contributed by atoms with Gasteiger partial charge in [0, 0.05) is 49.7 Å². The molecule has 1 aromatic carbocycles. The maximum atomic E-state index is 11.0. The van der Waals surface area contributed by atoms with Gasteiger partial charge in [-0.25, -0.2) is 0 Å². The number of hydrogen-bond donors (Lipinski definition) is 2. The first-order valence-electron chi connectivity index (χ1n) is 7.00. The van der Waals surface area contributed by atoms with Gasteiger partial charge in [-0.3, -0.25) is 10.1 Å². The quantitative estimate of drug-likeness (QED) is 0.592. The first kappa shape index (κ1) is 14.6. The minimum atomic E-state index is -0.366. The van der Waals surface area contributed by atoms with E-state index in [-0.39, 0.29) is 17.2 Å². The molecule has 2 rings (SSSR count). The summed E-state index contributed by atoms with van der Waals surface area (Å²) in [6, 6.07) is 5.53. The Morgan fingerprint density at radius 2 is 2.20 bits per heavy atom. The number of benzene rings is 1. The first-order valence-corrected chi connectivity index (χ1v) is 7.00. The molecule has 1 aliphatic rings. The molecule has 0 heterocycles. The smallest absolute Gasteiger partial charge is 0.273 e. The van der Waals surface area contributed by atoms with Crippen molar-refractivity contribution in [3.63, 3.8) is 0 Å². The summed E-state index contributed by atoms with van der Waals surface area (Å²) in [5, 5.41) is 23.0. The fourth-order valence-corrected chi connectivity index (χ4v) is 2.47. The lowest BCUT2D eigenvalue weighted by Crippen LogP contribution is -2.41. The van der Waals surface area contributed by atoms with Crippen LogP contribution in [0.25, 0.3) is 0 Å². The number of hydrogen-bond acceptors (Lipinski definition) is 5. The molecule has 0 aromatic heterocycles. The molecule has 0 unspecified atom stereocenters. The Labute approximate surface area is 118 Å². The SMILES string of the molecule is CNc1cc(N(CCCO)C2CCC2)cc([N+](=O)[O-])c1. The van der Waals surface area contributed by atoms with Crippen LogP contribution in [0.2, 0.25) is 0 Å². The highest BCUT2D eigenvalue weighted by Gasteiger charge is 2.26. The van der Waals surface area contributed by atoms with Crippen LogP contribution in [0.15, 0.2) is 18.2 Å². The summed E-state index contributed by atoms with van der Waals surface area (Å²) >= 11 is 0. The van der Waals surface area contributed by atoms with Crippen molar-refractivity contribution in [1.29, 1.82) is 0 Å². The molecule has 6 heteroatoms. The number of aliphatic hydroxyl groups is 1. The van der Waals surface area contributed by atoms with E-state index in [2.05, 4.69) is 10.2 Å². The summed E-state index contributed by atoms with van der Waals surface area (Å²) in [5.41, 5.74) is 1.70.